The highest BCUT2D eigenvalue weighted by molar-refractivity contribution is 5.93. The summed E-state index contributed by atoms with van der Waals surface area (Å²) >= 11 is 0. The Balaban J connectivity index is 2.57. The highest BCUT2D eigenvalue weighted by Crippen LogP contribution is 2.11. The molecule has 0 amide bonds. The van der Waals surface area contributed by atoms with Crippen LogP contribution in [0.15, 0.2) is 4.63 Å². The number of Topliss-reactive ketones (excluding diaryl/α,β-unsaturated/α-hetero) is 1. The lowest BCUT2D eigenvalue weighted by Gasteiger charge is -1.94. The molecular weight excluding hydrogens is 214 g/mol. The van der Waals surface area contributed by atoms with Gasteiger partial charge in [0.05, 0.1) is 10.9 Å². The van der Waals surface area contributed by atoms with E-state index in [1.165, 1.54) is 18.5 Å². The first kappa shape index (κ1) is 10.3. The molecule has 8 nitrogen and oxygen atoms in total. The summed E-state index contributed by atoms with van der Waals surface area (Å²) in [6, 6.07) is 0. The molecule has 84 valence electrons. The maximum absolute atomic E-state index is 11.2. The summed E-state index contributed by atoms with van der Waals surface area (Å²) in [6.07, 6.45) is 0. The zero-order chi connectivity index (χ0) is 11.9. The molecule has 0 aliphatic rings. The number of hydrogen-bond donors (Lipinski definition) is 0. The molecule has 8 heteroatoms. The van der Waals surface area contributed by atoms with E-state index in [1.54, 1.807) is 6.92 Å². The molecule has 2 aromatic heterocycles. The summed E-state index contributed by atoms with van der Waals surface area (Å²) in [5, 5.41) is 22.0. The van der Waals surface area contributed by atoms with Crippen molar-refractivity contribution < 1.29 is 14.3 Å². The molecule has 0 aromatic carbocycles. The first-order valence-corrected chi connectivity index (χ1v) is 4.52. The van der Waals surface area contributed by atoms with Crippen LogP contribution in [-0.4, -0.2) is 25.9 Å². The molecule has 0 saturated heterocycles. The summed E-state index contributed by atoms with van der Waals surface area (Å²) in [4.78, 5) is 11.4. The molecule has 2 heterocycles. The Morgan fingerprint density at radius 2 is 2.19 bits per heavy atom. The van der Waals surface area contributed by atoms with Gasteiger partial charge in [-0.1, -0.05) is 5.21 Å². The third kappa shape index (κ3) is 1.35. The highest BCUT2D eigenvalue weighted by Gasteiger charge is 2.22. The Morgan fingerprint density at radius 3 is 2.62 bits per heavy atom. The fourth-order valence-electron chi connectivity index (χ4n) is 1.33. The van der Waals surface area contributed by atoms with Gasteiger partial charge in [-0.05, 0) is 11.8 Å². The minimum absolute atomic E-state index is 0.195. The van der Waals surface area contributed by atoms with E-state index in [1.807, 2.05) is 0 Å². The van der Waals surface area contributed by atoms with Gasteiger partial charge in [0, 0.05) is 13.8 Å². The van der Waals surface area contributed by atoms with Gasteiger partial charge in [0.2, 0.25) is 5.69 Å². The van der Waals surface area contributed by atoms with Crippen molar-refractivity contribution in [3.8, 4) is 5.82 Å². The van der Waals surface area contributed by atoms with Gasteiger partial charge in [-0.25, -0.2) is 0 Å². The second-order valence-electron chi connectivity index (χ2n) is 3.33. The third-order valence-corrected chi connectivity index (χ3v) is 2.23. The number of ketones is 1. The minimum atomic E-state index is -0.195. The first-order valence-electron chi connectivity index (χ1n) is 4.52. The van der Waals surface area contributed by atoms with Crippen LogP contribution in [-0.2, 0) is 0 Å². The van der Waals surface area contributed by atoms with Crippen LogP contribution in [0, 0.1) is 19.1 Å². The number of rotatable bonds is 2. The van der Waals surface area contributed by atoms with E-state index in [2.05, 4.69) is 20.1 Å². The molecule has 2 rings (SSSR count). The number of carbonyl (C=O) groups is 1. The molecule has 0 spiro atoms. The van der Waals surface area contributed by atoms with E-state index in [0.29, 0.717) is 5.69 Å². The lowest BCUT2D eigenvalue weighted by molar-refractivity contribution is -0.806. The molecular formula is C8H9N5O3. The van der Waals surface area contributed by atoms with Crippen LogP contribution in [0.2, 0.25) is 0 Å². The van der Waals surface area contributed by atoms with Crippen molar-refractivity contribution in [2.24, 2.45) is 0 Å². The second kappa shape index (κ2) is 3.40. The summed E-state index contributed by atoms with van der Waals surface area (Å²) in [5.74, 6) is 0.0346. The van der Waals surface area contributed by atoms with Crippen LogP contribution in [0.1, 0.15) is 28.8 Å². The molecule has 0 unspecified atom stereocenters. The van der Waals surface area contributed by atoms with Crippen molar-refractivity contribution in [2.75, 3.05) is 0 Å². The number of hydrogen-bond acceptors (Lipinski definition) is 6. The minimum Gasteiger partial charge on any atom is -0.359 e. The molecule has 0 aliphatic heterocycles. The van der Waals surface area contributed by atoms with E-state index in [9.17, 15) is 10.0 Å². The standard InChI is InChI=1S/C8H9N5O3/c1-4-7(6(3)14)9-11-12(4)8-5(2)13(15)16-10-8/h1-3H3. The fraction of sp³-hybridized carbons (Fsp3) is 0.375. The van der Waals surface area contributed by atoms with Gasteiger partial charge in [-0.15, -0.1) is 5.10 Å². The van der Waals surface area contributed by atoms with E-state index in [-0.39, 0.29) is 27.9 Å². The molecule has 0 bridgehead atoms. The van der Waals surface area contributed by atoms with E-state index >= 15 is 0 Å². The van der Waals surface area contributed by atoms with E-state index in [4.69, 9.17) is 0 Å². The smallest absolute Gasteiger partial charge is 0.338 e. The first-order chi connectivity index (χ1) is 7.52. The van der Waals surface area contributed by atoms with Gasteiger partial charge in [-0.3, -0.25) is 9.42 Å². The average Bonchev–Trinajstić information content (AvgIpc) is 2.73. The van der Waals surface area contributed by atoms with Crippen molar-refractivity contribution in [1.29, 1.82) is 0 Å². The maximum atomic E-state index is 11.2. The van der Waals surface area contributed by atoms with Crippen LogP contribution in [0.3, 0.4) is 0 Å². The molecule has 0 atom stereocenters. The molecule has 0 aliphatic carbocycles. The summed E-state index contributed by atoms with van der Waals surface area (Å²) in [7, 11) is 0. The van der Waals surface area contributed by atoms with Gasteiger partial charge >= 0.3 is 5.82 Å². The number of aromatic nitrogens is 5. The molecule has 0 fully saturated rings. The Hall–Kier alpha value is -2.25. The quantitative estimate of drug-likeness (QED) is 0.512. The van der Waals surface area contributed by atoms with Crippen LogP contribution < -0.4 is 4.90 Å². The molecule has 0 radical (unpaired) electrons. The Bertz CT molecular complexity index is 556. The van der Waals surface area contributed by atoms with Crippen molar-refractivity contribution in [1.82, 2.24) is 20.2 Å². The third-order valence-electron chi connectivity index (χ3n) is 2.23. The summed E-state index contributed by atoms with van der Waals surface area (Å²) in [5.41, 5.74) is 1.02. The van der Waals surface area contributed by atoms with Crippen molar-refractivity contribution in [3.05, 3.63) is 22.3 Å². The van der Waals surface area contributed by atoms with Gasteiger partial charge in [0.25, 0.3) is 0 Å². The van der Waals surface area contributed by atoms with Crippen LogP contribution >= 0.6 is 0 Å². The molecule has 0 N–H and O–H groups in total. The highest BCUT2D eigenvalue weighted by atomic mass is 16.8. The normalized spacial score (nSPS) is 10.7. The Kier molecular flexibility index (Phi) is 2.18. The lowest BCUT2D eigenvalue weighted by atomic mass is 10.2. The summed E-state index contributed by atoms with van der Waals surface area (Å²) in [6.45, 7) is 4.60. The van der Waals surface area contributed by atoms with Gasteiger partial charge in [0.15, 0.2) is 11.5 Å². The van der Waals surface area contributed by atoms with E-state index < -0.39 is 0 Å². The monoisotopic (exact) mass is 223 g/mol. The van der Waals surface area contributed by atoms with E-state index in [0.717, 1.165) is 0 Å². The zero-order valence-electron chi connectivity index (χ0n) is 8.96. The van der Waals surface area contributed by atoms with Gasteiger partial charge in [-0.2, -0.15) is 4.68 Å². The molecule has 16 heavy (non-hydrogen) atoms. The van der Waals surface area contributed by atoms with Crippen molar-refractivity contribution in [2.45, 2.75) is 20.8 Å². The van der Waals surface area contributed by atoms with Crippen LogP contribution in [0.5, 0.6) is 0 Å². The largest absolute Gasteiger partial charge is 0.359 e. The molecule has 2 aromatic rings. The molecule has 0 saturated carbocycles. The Morgan fingerprint density at radius 1 is 1.50 bits per heavy atom. The lowest BCUT2D eigenvalue weighted by Crippen LogP contribution is -2.26. The van der Waals surface area contributed by atoms with Crippen LogP contribution in [0.25, 0.3) is 5.82 Å². The van der Waals surface area contributed by atoms with Crippen molar-refractivity contribution >= 4 is 5.78 Å². The zero-order valence-corrected chi connectivity index (χ0v) is 8.96. The predicted molar refractivity (Wildman–Crippen MR) is 49.9 cm³/mol. The fourth-order valence-corrected chi connectivity index (χ4v) is 1.33. The number of carbonyl (C=O) groups excluding carboxylic acids is 1. The summed E-state index contributed by atoms with van der Waals surface area (Å²) < 4.78 is 5.71. The topological polar surface area (TPSA) is 101 Å². The van der Waals surface area contributed by atoms with Crippen LogP contribution in [0.4, 0.5) is 0 Å². The number of nitrogens with zero attached hydrogens (tertiary/aromatic N) is 5. The predicted octanol–water partition coefficient (Wildman–Crippen LogP) is -0.292. The van der Waals surface area contributed by atoms with Gasteiger partial charge in [0.1, 0.15) is 0 Å². The average molecular weight is 223 g/mol. The Labute approximate surface area is 90.0 Å². The second-order valence-corrected chi connectivity index (χ2v) is 3.33. The SMILES string of the molecule is CC(=O)c1nnn(-c2no[n+]([O-])c2C)c1C. The maximum Gasteiger partial charge on any atom is 0.338 e. The van der Waals surface area contributed by atoms with Gasteiger partial charge < -0.3 is 5.21 Å². The van der Waals surface area contributed by atoms with Crippen molar-refractivity contribution in [3.63, 3.8) is 0 Å².